The summed E-state index contributed by atoms with van der Waals surface area (Å²) in [5.41, 5.74) is 0.445. The molecule has 6 nitrogen and oxygen atoms in total. The third-order valence-electron chi connectivity index (χ3n) is 3.43. The van der Waals surface area contributed by atoms with Crippen LogP contribution in [0, 0.1) is 5.92 Å². The van der Waals surface area contributed by atoms with E-state index >= 15 is 0 Å². The Hall–Kier alpha value is -1.85. The van der Waals surface area contributed by atoms with Gasteiger partial charge < -0.3 is 9.80 Å². The Morgan fingerprint density at radius 3 is 2.74 bits per heavy atom. The third kappa shape index (κ3) is 2.94. The number of aromatic nitrogens is 2. The van der Waals surface area contributed by atoms with Crippen LogP contribution in [0.25, 0.3) is 0 Å². The first kappa shape index (κ1) is 13.6. The van der Waals surface area contributed by atoms with Crippen molar-refractivity contribution in [3.63, 3.8) is 0 Å². The number of hydrogen-bond acceptors (Lipinski definition) is 3. The lowest BCUT2D eigenvalue weighted by Gasteiger charge is -2.32. The third-order valence-corrected chi connectivity index (χ3v) is 3.43. The topological polar surface area (TPSA) is 58.4 Å². The van der Waals surface area contributed by atoms with E-state index in [1.807, 2.05) is 0 Å². The second-order valence-corrected chi connectivity index (χ2v) is 5.20. The van der Waals surface area contributed by atoms with Crippen LogP contribution in [-0.2, 0) is 11.8 Å². The van der Waals surface area contributed by atoms with Gasteiger partial charge in [-0.3, -0.25) is 14.3 Å². The summed E-state index contributed by atoms with van der Waals surface area (Å²) < 4.78 is 1.61. The zero-order chi connectivity index (χ0) is 14.0. The molecule has 2 amide bonds. The van der Waals surface area contributed by atoms with Crippen molar-refractivity contribution in [1.82, 2.24) is 19.6 Å². The molecule has 1 aliphatic heterocycles. The highest BCUT2D eigenvalue weighted by Crippen LogP contribution is 2.19. The molecule has 0 aliphatic carbocycles. The smallest absolute Gasteiger partial charge is 0.274 e. The van der Waals surface area contributed by atoms with E-state index < -0.39 is 0 Å². The fourth-order valence-corrected chi connectivity index (χ4v) is 2.42. The van der Waals surface area contributed by atoms with E-state index in [0.717, 1.165) is 12.8 Å². The molecule has 0 aromatic carbocycles. The first-order chi connectivity index (χ1) is 8.99. The van der Waals surface area contributed by atoms with Gasteiger partial charge in [-0.25, -0.2) is 0 Å². The van der Waals surface area contributed by atoms with Crippen molar-refractivity contribution in [3.8, 4) is 0 Å². The van der Waals surface area contributed by atoms with E-state index in [2.05, 4.69) is 5.10 Å². The van der Waals surface area contributed by atoms with Crippen LogP contribution in [0.5, 0.6) is 0 Å². The summed E-state index contributed by atoms with van der Waals surface area (Å²) in [6, 6.07) is 1.71. The second kappa shape index (κ2) is 5.42. The number of likely N-dealkylation sites (tertiary alicyclic amines) is 1. The zero-order valence-corrected chi connectivity index (χ0v) is 11.7. The molecule has 0 N–H and O–H groups in total. The second-order valence-electron chi connectivity index (χ2n) is 5.20. The van der Waals surface area contributed by atoms with Gasteiger partial charge in [-0.05, 0) is 18.9 Å². The number of aryl methyl sites for hydroxylation is 1. The van der Waals surface area contributed by atoms with Crippen LogP contribution in [0.2, 0.25) is 0 Å². The molecule has 1 aliphatic rings. The van der Waals surface area contributed by atoms with Gasteiger partial charge in [0, 0.05) is 40.4 Å². The molecule has 1 fully saturated rings. The highest BCUT2D eigenvalue weighted by Gasteiger charge is 2.30. The van der Waals surface area contributed by atoms with Crippen molar-refractivity contribution in [2.24, 2.45) is 13.0 Å². The van der Waals surface area contributed by atoms with Crippen molar-refractivity contribution < 1.29 is 9.59 Å². The molecule has 1 atom stereocenters. The van der Waals surface area contributed by atoms with Crippen LogP contribution in [-0.4, -0.2) is 58.6 Å². The number of carbonyl (C=O) groups excluding carboxylic acids is 2. The van der Waals surface area contributed by atoms with Crippen molar-refractivity contribution in [2.75, 3.05) is 27.2 Å². The summed E-state index contributed by atoms with van der Waals surface area (Å²) in [4.78, 5) is 27.6. The standard InChI is InChI=1S/C13H20N4O2/c1-15(2)12(18)10-5-4-7-17(9-10)13(19)11-6-8-16(3)14-11/h6,8,10H,4-5,7,9H2,1-3H3/t10-/m1/s1. The lowest BCUT2D eigenvalue weighted by Crippen LogP contribution is -2.45. The summed E-state index contributed by atoms with van der Waals surface area (Å²) in [7, 11) is 5.29. The number of hydrogen-bond donors (Lipinski definition) is 0. The van der Waals surface area contributed by atoms with E-state index in [-0.39, 0.29) is 17.7 Å². The number of carbonyl (C=O) groups is 2. The van der Waals surface area contributed by atoms with Crippen molar-refractivity contribution >= 4 is 11.8 Å². The van der Waals surface area contributed by atoms with E-state index in [1.54, 1.807) is 47.9 Å². The Morgan fingerprint density at radius 1 is 1.42 bits per heavy atom. The maximum Gasteiger partial charge on any atom is 0.274 e. The molecule has 1 saturated heterocycles. The van der Waals surface area contributed by atoms with Crippen molar-refractivity contribution in [2.45, 2.75) is 12.8 Å². The summed E-state index contributed by atoms with van der Waals surface area (Å²) >= 11 is 0. The van der Waals surface area contributed by atoms with Gasteiger partial charge in [0.05, 0.1) is 5.92 Å². The molecule has 0 radical (unpaired) electrons. The molecule has 0 spiro atoms. The summed E-state index contributed by atoms with van der Waals surface area (Å²) in [6.07, 6.45) is 3.46. The molecule has 19 heavy (non-hydrogen) atoms. The van der Waals surface area contributed by atoms with Gasteiger partial charge in [-0.2, -0.15) is 5.10 Å². The molecule has 2 heterocycles. The van der Waals surface area contributed by atoms with Gasteiger partial charge in [0.25, 0.3) is 5.91 Å². The number of rotatable bonds is 2. The van der Waals surface area contributed by atoms with Crippen LogP contribution >= 0.6 is 0 Å². The average Bonchev–Trinajstić information content (AvgIpc) is 2.83. The fraction of sp³-hybridized carbons (Fsp3) is 0.615. The first-order valence-corrected chi connectivity index (χ1v) is 6.49. The monoisotopic (exact) mass is 264 g/mol. The maximum atomic E-state index is 12.3. The van der Waals surface area contributed by atoms with Gasteiger partial charge in [0.1, 0.15) is 5.69 Å². The molecule has 0 saturated carbocycles. The molecule has 104 valence electrons. The maximum absolute atomic E-state index is 12.3. The number of amides is 2. The van der Waals surface area contributed by atoms with Gasteiger partial charge in [0.2, 0.25) is 5.91 Å². The highest BCUT2D eigenvalue weighted by molar-refractivity contribution is 5.92. The Bertz CT molecular complexity index is 481. The lowest BCUT2D eigenvalue weighted by molar-refractivity contribution is -0.134. The Morgan fingerprint density at radius 2 is 2.16 bits per heavy atom. The van der Waals surface area contributed by atoms with Crippen LogP contribution in [0.1, 0.15) is 23.3 Å². The summed E-state index contributed by atoms with van der Waals surface area (Å²) in [6.45, 7) is 1.19. The molecule has 2 rings (SSSR count). The van der Waals surface area contributed by atoms with E-state index in [9.17, 15) is 9.59 Å². The van der Waals surface area contributed by atoms with Gasteiger partial charge in [-0.1, -0.05) is 0 Å². The van der Waals surface area contributed by atoms with E-state index in [0.29, 0.717) is 18.8 Å². The molecule has 1 aromatic heterocycles. The van der Waals surface area contributed by atoms with Crippen LogP contribution in [0.3, 0.4) is 0 Å². The minimum Gasteiger partial charge on any atom is -0.349 e. The molecular weight excluding hydrogens is 244 g/mol. The minimum atomic E-state index is -0.0867. The van der Waals surface area contributed by atoms with Crippen molar-refractivity contribution in [3.05, 3.63) is 18.0 Å². The molecule has 6 heteroatoms. The lowest BCUT2D eigenvalue weighted by atomic mass is 9.96. The van der Waals surface area contributed by atoms with Crippen LogP contribution in [0.4, 0.5) is 0 Å². The van der Waals surface area contributed by atoms with Gasteiger partial charge in [-0.15, -0.1) is 0 Å². The van der Waals surface area contributed by atoms with E-state index in [4.69, 9.17) is 0 Å². The SMILES string of the molecule is CN(C)C(=O)[C@@H]1CCCN(C(=O)c2ccn(C)n2)C1. The molecule has 1 aromatic rings. The summed E-state index contributed by atoms with van der Waals surface area (Å²) in [5.74, 6) is -0.0770. The van der Waals surface area contributed by atoms with E-state index in [1.165, 1.54) is 0 Å². The fourth-order valence-electron chi connectivity index (χ4n) is 2.42. The minimum absolute atomic E-state index is 0.0862. The summed E-state index contributed by atoms with van der Waals surface area (Å²) in [5, 5.41) is 4.12. The first-order valence-electron chi connectivity index (χ1n) is 6.49. The van der Waals surface area contributed by atoms with Crippen LogP contribution in [0.15, 0.2) is 12.3 Å². The van der Waals surface area contributed by atoms with Gasteiger partial charge >= 0.3 is 0 Å². The quantitative estimate of drug-likeness (QED) is 0.775. The molecule has 0 bridgehead atoms. The van der Waals surface area contributed by atoms with Crippen LogP contribution < -0.4 is 0 Å². The average molecular weight is 264 g/mol. The van der Waals surface area contributed by atoms with Crippen molar-refractivity contribution in [1.29, 1.82) is 0 Å². The predicted molar refractivity (Wildman–Crippen MR) is 70.5 cm³/mol. The zero-order valence-electron chi connectivity index (χ0n) is 11.7. The Balaban J connectivity index is 2.05. The largest absolute Gasteiger partial charge is 0.349 e. The molecular formula is C13H20N4O2. The predicted octanol–water partition coefficient (Wildman–Crippen LogP) is 0.360. The number of nitrogens with zero attached hydrogens (tertiary/aromatic N) is 4. The normalized spacial score (nSPS) is 19.3. The highest BCUT2D eigenvalue weighted by atomic mass is 16.2. The number of piperidine rings is 1. The Kier molecular flexibility index (Phi) is 3.87. The molecule has 0 unspecified atom stereocenters. The Labute approximate surface area is 113 Å². The van der Waals surface area contributed by atoms with Gasteiger partial charge in [0.15, 0.2) is 0 Å².